The van der Waals surface area contributed by atoms with Crippen LogP contribution in [0.25, 0.3) is 0 Å². The topological polar surface area (TPSA) is 98.0 Å². The molecule has 1 rings (SSSR count). The Kier molecular flexibility index (Phi) is 3.26. The van der Waals surface area contributed by atoms with E-state index in [1.165, 1.54) is 7.11 Å². The van der Waals surface area contributed by atoms with Crippen molar-refractivity contribution in [1.29, 1.82) is 5.26 Å². The first-order chi connectivity index (χ1) is 6.69. The summed E-state index contributed by atoms with van der Waals surface area (Å²) in [4.78, 5) is 3.96. The third-order valence-corrected chi connectivity index (χ3v) is 1.83. The average molecular weight is 192 g/mol. The molecule has 0 amide bonds. The highest BCUT2D eigenvalue weighted by atomic mass is 16.5. The van der Waals surface area contributed by atoms with Gasteiger partial charge in [0.25, 0.3) is 0 Å². The standard InChI is InChI=1S/C9H12N4O/c1-14-9-8(12)4-6(5-13-9)7(11)2-3-10/h4-5,7H,2,11-12H2,1H3. The molecule has 5 heteroatoms. The summed E-state index contributed by atoms with van der Waals surface area (Å²) in [6.45, 7) is 0. The smallest absolute Gasteiger partial charge is 0.236 e. The van der Waals surface area contributed by atoms with Crippen LogP contribution in [0.15, 0.2) is 12.3 Å². The maximum atomic E-state index is 8.46. The lowest BCUT2D eigenvalue weighted by Crippen LogP contribution is -2.10. The fraction of sp³-hybridized carbons (Fsp3) is 0.333. The highest BCUT2D eigenvalue weighted by Crippen LogP contribution is 2.22. The lowest BCUT2D eigenvalue weighted by atomic mass is 10.1. The molecule has 0 aromatic carbocycles. The van der Waals surface area contributed by atoms with Crippen LogP contribution >= 0.6 is 0 Å². The van der Waals surface area contributed by atoms with Gasteiger partial charge in [0.15, 0.2) is 0 Å². The molecular formula is C9H12N4O. The van der Waals surface area contributed by atoms with Gasteiger partial charge in [-0.3, -0.25) is 0 Å². The number of hydrogen-bond donors (Lipinski definition) is 2. The minimum absolute atomic E-state index is 0.244. The van der Waals surface area contributed by atoms with E-state index < -0.39 is 0 Å². The van der Waals surface area contributed by atoms with Crippen molar-refractivity contribution in [2.75, 3.05) is 12.8 Å². The first-order valence-electron chi connectivity index (χ1n) is 4.11. The van der Waals surface area contributed by atoms with Gasteiger partial charge in [0.05, 0.1) is 25.3 Å². The van der Waals surface area contributed by atoms with Crippen molar-refractivity contribution in [2.24, 2.45) is 5.73 Å². The Morgan fingerprint density at radius 3 is 2.93 bits per heavy atom. The maximum absolute atomic E-state index is 8.46. The number of pyridine rings is 1. The second kappa shape index (κ2) is 4.44. The number of aromatic nitrogens is 1. The normalized spacial score (nSPS) is 11.8. The summed E-state index contributed by atoms with van der Waals surface area (Å²) in [6.07, 6.45) is 1.81. The van der Waals surface area contributed by atoms with E-state index in [1.807, 2.05) is 6.07 Å². The zero-order valence-electron chi connectivity index (χ0n) is 7.90. The molecule has 1 atom stereocenters. The first kappa shape index (κ1) is 10.3. The van der Waals surface area contributed by atoms with Crippen LogP contribution in [0, 0.1) is 11.3 Å². The van der Waals surface area contributed by atoms with Gasteiger partial charge in [-0.2, -0.15) is 5.26 Å². The summed E-state index contributed by atoms with van der Waals surface area (Å²) in [5, 5.41) is 8.46. The van der Waals surface area contributed by atoms with Crippen LogP contribution in [0.1, 0.15) is 18.0 Å². The van der Waals surface area contributed by atoms with Crippen molar-refractivity contribution in [3.63, 3.8) is 0 Å². The van der Waals surface area contributed by atoms with Gasteiger partial charge in [-0.15, -0.1) is 0 Å². The average Bonchev–Trinajstić information content (AvgIpc) is 2.18. The summed E-state index contributed by atoms with van der Waals surface area (Å²) in [5.41, 5.74) is 12.5. The number of hydrogen-bond acceptors (Lipinski definition) is 5. The molecule has 0 radical (unpaired) electrons. The van der Waals surface area contributed by atoms with Crippen molar-refractivity contribution in [2.45, 2.75) is 12.5 Å². The fourth-order valence-electron chi connectivity index (χ4n) is 1.08. The summed E-state index contributed by atoms with van der Waals surface area (Å²) in [7, 11) is 1.49. The van der Waals surface area contributed by atoms with Crippen LogP contribution in [0.5, 0.6) is 5.88 Å². The number of nitrogen functional groups attached to an aromatic ring is 1. The van der Waals surface area contributed by atoms with Gasteiger partial charge in [0.1, 0.15) is 0 Å². The first-order valence-corrected chi connectivity index (χ1v) is 4.11. The number of methoxy groups -OCH3 is 1. The van der Waals surface area contributed by atoms with Crippen molar-refractivity contribution in [3.05, 3.63) is 17.8 Å². The fourth-order valence-corrected chi connectivity index (χ4v) is 1.08. The Morgan fingerprint density at radius 2 is 2.43 bits per heavy atom. The van der Waals surface area contributed by atoms with Crippen LogP contribution in [0.2, 0.25) is 0 Å². The minimum atomic E-state index is -0.347. The molecule has 5 nitrogen and oxygen atoms in total. The van der Waals surface area contributed by atoms with Gasteiger partial charge < -0.3 is 16.2 Å². The summed E-state index contributed by atoms with van der Waals surface area (Å²) < 4.78 is 4.90. The molecule has 1 aromatic heterocycles. The second-order valence-electron chi connectivity index (χ2n) is 2.84. The quantitative estimate of drug-likeness (QED) is 0.730. The molecule has 0 aliphatic rings. The molecule has 0 bridgehead atoms. The third-order valence-electron chi connectivity index (χ3n) is 1.83. The third kappa shape index (κ3) is 2.12. The Morgan fingerprint density at radius 1 is 1.71 bits per heavy atom. The molecule has 1 unspecified atom stereocenters. The van der Waals surface area contributed by atoms with E-state index in [4.69, 9.17) is 21.5 Å². The Labute approximate surface area is 82.3 Å². The van der Waals surface area contributed by atoms with Crippen molar-refractivity contribution in [1.82, 2.24) is 4.98 Å². The van der Waals surface area contributed by atoms with E-state index in [2.05, 4.69) is 4.98 Å². The zero-order valence-corrected chi connectivity index (χ0v) is 7.90. The SMILES string of the molecule is COc1ncc(C(N)CC#N)cc1N. The summed E-state index contributed by atoms with van der Waals surface area (Å²) in [5.74, 6) is 0.373. The molecule has 1 aromatic rings. The van der Waals surface area contributed by atoms with Gasteiger partial charge in [0.2, 0.25) is 5.88 Å². The highest BCUT2D eigenvalue weighted by molar-refractivity contribution is 5.49. The number of nitriles is 1. The van der Waals surface area contributed by atoms with Gasteiger partial charge in [-0.1, -0.05) is 0 Å². The van der Waals surface area contributed by atoms with Gasteiger partial charge >= 0.3 is 0 Å². The number of nitrogens with zero attached hydrogens (tertiary/aromatic N) is 2. The molecule has 0 aliphatic carbocycles. The van der Waals surface area contributed by atoms with Crippen LogP contribution in [-0.2, 0) is 0 Å². The van der Waals surface area contributed by atoms with E-state index in [0.717, 1.165) is 5.56 Å². The molecule has 4 N–H and O–H groups in total. The minimum Gasteiger partial charge on any atom is -0.480 e. The highest BCUT2D eigenvalue weighted by Gasteiger charge is 2.08. The van der Waals surface area contributed by atoms with E-state index in [0.29, 0.717) is 11.6 Å². The van der Waals surface area contributed by atoms with Crippen LogP contribution in [0.3, 0.4) is 0 Å². The molecular weight excluding hydrogens is 180 g/mol. The Balaban J connectivity index is 2.92. The lowest BCUT2D eigenvalue weighted by molar-refractivity contribution is 0.400. The molecule has 0 fully saturated rings. The van der Waals surface area contributed by atoms with Gasteiger partial charge in [-0.25, -0.2) is 4.98 Å². The van der Waals surface area contributed by atoms with Crippen LogP contribution in [-0.4, -0.2) is 12.1 Å². The summed E-state index contributed by atoms with van der Waals surface area (Å²) in [6, 6.07) is 3.32. The van der Waals surface area contributed by atoms with Crippen LogP contribution < -0.4 is 16.2 Å². The largest absolute Gasteiger partial charge is 0.480 e. The molecule has 0 aliphatic heterocycles. The van der Waals surface area contributed by atoms with Crippen molar-refractivity contribution < 1.29 is 4.74 Å². The second-order valence-corrected chi connectivity index (χ2v) is 2.84. The molecule has 0 saturated carbocycles. The maximum Gasteiger partial charge on any atom is 0.236 e. The van der Waals surface area contributed by atoms with E-state index in [1.54, 1.807) is 12.3 Å². The van der Waals surface area contributed by atoms with E-state index in [9.17, 15) is 0 Å². The Bertz CT molecular complexity index is 358. The predicted molar refractivity (Wildman–Crippen MR) is 52.4 cm³/mol. The van der Waals surface area contributed by atoms with Crippen LogP contribution in [0.4, 0.5) is 5.69 Å². The molecule has 14 heavy (non-hydrogen) atoms. The predicted octanol–water partition coefficient (Wildman–Crippen LogP) is 0.586. The molecule has 74 valence electrons. The van der Waals surface area contributed by atoms with Gasteiger partial charge in [0, 0.05) is 12.2 Å². The molecule has 1 heterocycles. The molecule has 0 saturated heterocycles. The zero-order chi connectivity index (χ0) is 10.6. The molecule has 0 spiro atoms. The number of ether oxygens (including phenoxy) is 1. The van der Waals surface area contributed by atoms with Gasteiger partial charge in [-0.05, 0) is 11.6 Å². The van der Waals surface area contributed by atoms with Crippen molar-refractivity contribution in [3.8, 4) is 11.9 Å². The number of anilines is 1. The van der Waals surface area contributed by atoms with Crippen molar-refractivity contribution >= 4 is 5.69 Å². The number of nitrogens with two attached hydrogens (primary N) is 2. The summed E-state index contributed by atoms with van der Waals surface area (Å²) >= 11 is 0. The van der Waals surface area contributed by atoms with E-state index >= 15 is 0 Å². The number of rotatable bonds is 3. The Hall–Kier alpha value is -1.80. The van der Waals surface area contributed by atoms with E-state index in [-0.39, 0.29) is 12.5 Å². The lowest BCUT2D eigenvalue weighted by Gasteiger charge is -2.09. The monoisotopic (exact) mass is 192 g/mol.